The summed E-state index contributed by atoms with van der Waals surface area (Å²) in [4.78, 5) is 0. The van der Waals surface area contributed by atoms with Crippen LogP contribution < -0.4 is 5.73 Å². The van der Waals surface area contributed by atoms with E-state index in [1.807, 2.05) is 6.92 Å². The van der Waals surface area contributed by atoms with Crippen LogP contribution in [0.2, 0.25) is 0 Å². The van der Waals surface area contributed by atoms with E-state index in [2.05, 4.69) is 99.6 Å². The van der Waals surface area contributed by atoms with Gasteiger partial charge in [0.15, 0.2) is 0 Å². The quantitative estimate of drug-likeness (QED) is 0.385. The third-order valence-electron chi connectivity index (χ3n) is 6.19. The van der Waals surface area contributed by atoms with E-state index in [1.54, 1.807) is 6.08 Å². The van der Waals surface area contributed by atoms with Gasteiger partial charge in [0.05, 0.1) is 0 Å². The third-order valence-corrected chi connectivity index (χ3v) is 6.19. The summed E-state index contributed by atoms with van der Waals surface area (Å²) in [5.74, 6) is 0.783. The van der Waals surface area contributed by atoms with Gasteiger partial charge < -0.3 is 5.73 Å². The largest absolute Gasteiger partial charge is 0.405 e. The Labute approximate surface area is 229 Å². The number of benzene rings is 1. The van der Waals surface area contributed by atoms with Crippen molar-refractivity contribution in [1.29, 1.82) is 0 Å². The number of rotatable bonds is 6. The van der Waals surface area contributed by atoms with Crippen LogP contribution >= 0.6 is 0 Å². The number of aryl methyl sites for hydroxylation is 1. The van der Waals surface area contributed by atoms with E-state index in [4.69, 9.17) is 5.73 Å². The predicted octanol–water partition coefficient (Wildman–Crippen LogP) is 12.3. The zero-order valence-electron chi connectivity index (χ0n) is 26.7. The fourth-order valence-corrected chi connectivity index (χ4v) is 3.48. The van der Waals surface area contributed by atoms with Gasteiger partial charge >= 0.3 is 0 Å². The smallest absolute Gasteiger partial charge is 0.0106 e. The molecule has 212 valence electrons. The molecule has 36 heavy (non-hydrogen) atoms. The van der Waals surface area contributed by atoms with E-state index in [0.29, 0.717) is 5.41 Å². The number of nitrogens with two attached hydrogens (primary N) is 1. The summed E-state index contributed by atoms with van der Waals surface area (Å²) >= 11 is 0. The van der Waals surface area contributed by atoms with E-state index in [-0.39, 0.29) is 0 Å². The molecule has 1 nitrogen and oxygen atoms in total. The van der Waals surface area contributed by atoms with Gasteiger partial charge in [0.25, 0.3) is 0 Å². The van der Waals surface area contributed by atoms with Gasteiger partial charge in [-0.2, -0.15) is 0 Å². The van der Waals surface area contributed by atoms with Crippen molar-refractivity contribution < 1.29 is 0 Å². The minimum Gasteiger partial charge on any atom is -0.405 e. The fourth-order valence-electron chi connectivity index (χ4n) is 3.48. The first-order valence-electron chi connectivity index (χ1n) is 15.0. The Bertz CT molecular complexity index is 571. The van der Waals surface area contributed by atoms with Crippen LogP contribution in [-0.2, 0) is 0 Å². The fraction of sp³-hybridized carbons (Fsp3) is 0.714. The molecule has 1 fully saturated rings. The Morgan fingerprint density at radius 3 is 1.39 bits per heavy atom. The highest BCUT2D eigenvalue weighted by molar-refractivity contribution is 5.24. The van der Waals surface area contributed by atoms with E-state index in [0.717, 1.165) is 5.92 Å². The topological polar surface area (TPSA) is 26.0 Å². The normalized spacial score (nSPS) is 12.6. The molecule has 0 radical (unpaired) electrons. The lowest BCUT2D eigenvalue weighted by Gasteiger charge is -2.15. The van der Waals surface area contributed by atoms with Gasteiger partial charge in [-0.1, -0.05) is 154 Å². The maximum atomic E-state index is 4.85. The van der Waals surface area contributed by atoms with Crippen molar-refractivity contribution in [3.05, 3.63) is 59.3 Å². The Kier molecular flexibility index (Phi) is 30.4. The summed E-state index contributed by atoms with van der Waals surface area (Å²) in [6.07, 6.45) is 22.2. The molecule has 2 rings (SSSR count). The summed E-state index contributed by atoms with van der Waals surface area (Å²) in [5.41, 5.74) is 9.69. The summed E-state index contributed by atoms with van der Waals surface area (Å²) in [5, 5.41) is 0. The van der Waals surface area contributed by atoms with Crippen molar-refractivity contribution in [3.63, 3.8) is 0 Å². The molecule has 0 bridgehead atoms. The second kappa shape index (κ2) is 28.1. The van der Waals surface area contributed by atoms with Crippen LogP contribution in [0.15, 0.2) is 48.2 Å². The molecular formula is C35H67N. The Balaban J connectivity index is -0.000000417. The summed E-state index contributed by atoms with van der Waals surface area (Å²) in [6.45, 7) is 23.9. The highest BCUT2D eigenvalue weighted by Crippen LogP contribution is 2.26. The van der Waals surface area contributed by atoms with Gasteiger partial charge in [0, 0.05) is 0 Å². The van der Waals surface area contributed by atoms with Gasteiger partial charge in [0.2, 0.25) is 0 Å². The van der Waals surface area contributed by atoms with Crippen molar-refractivity contribution in [2.24, 2.45) is 11.1 Å². The Hall–Kier alpha value is -1.50. The van der Waals surface area contributed by atoms with Crippen molar-refractivity contribution >= 4 is 0 Å². The number of allylic oxidation sites excluding steroid dienone is 3. The van der Waals surface area contributed by atoms with Crippen molar-refractivity contribution in [1.82, 2.24) is 0 Å². The average Bonchev–Trinajstić information content (AvgIpc) is 2.86. The highest BCUT2D eigenvalue weighted by Gasteiger charge is 2.08. The standard InChI is InChI=1S/C14H22.C6H12.C6H14.C6H12.C3H7N/c1-4-6-13(7-5-2)14-10-8-12(3)9-11-14;1-2-4-6-5-3-1;1-5-6(2,3)4;1-4-5-6(2)3;1-2-3-4/h8-11,13H,4-7H2,1-3H3;1-6H2;5H2,1-4H3;5H,4H2,1-3H3;2-3H,4H2,1H3/b;;;;3-2-. The molecule has 1 aromatic rings. The maximum Gasteiger partial charge on any atom is -0.0106 e. The molecule has 0 atom stereocenters. The van der Waals surface area contributed by atoms with Crippen LogP contribution in [0.3, 0.4) is 0 Å². The van der Waals surface area contributed by atoms with Crippen molar-refractivity contribution in [2.45, 2.75) is 159 Å². The molecule has 0 amide bonds. The van der Waals surface area contributed by atoms with Gasteiger partial charge in [-0.25, -0.2) is 0 Å². The van der Waals surface area contributed by atoms with E-state index in [1.165, 1.54) is 99.9 Å². The second-order valence-corrected chi connectivity index (χ2v) is 11.4. The molecule has 1 heteroatoms. The van der Waals surface area contributed by atoms with Crippen LogP contribution in [0.4, 0.5) is 0 Å². The minimum absolute atomic E-state index is 0.542. The Morgan fingerprint density at radius 1 is 0.833 bits per heavy atom. The second-order valence-electron chi connectivity index (χ2n) is 11.4. The van der Waals surface area contributed by atoms with E-state index in [9.17, 15) is 0 Å². The van der Waals surface area contributed by atoms with Crippen LogP contribution in [0.25, 0.3) is 0 Å². The van der Waals surface area contributed by atoms with Crippen LogP contribution in [-0.4, -0.2) is 0 Å². The molecule has 0 spiro atoms. The number of hydrogen-bond acceptors (Lipinski definition) is 1. The molecule has 0 heterocycles. The zero-order valence-corrected chi connectivity index (χ0v) is 26.7. The Morgan fingerprint density at radius 2 is 1.19 bits per heavy atom. The van der Waals surface area contributed by atoms with E-state index >= 15 is 0 Å². The molecule has 1 aromatic carbocycles. The monoisotopic (exact) mass is 502 g/mol. The lowest BCUT2D eigenvalue weighted by atomic mass is 9.90. The summed E-state index contributed by atoms with van der Waals surface area (Å²) in [6, 6.07) is 9.05. The predicted molar refractivity (Wildman–Crippen MR) is 170 cm³/mol. The van der Waals surface area contributed by atoms with Crippen molar-refractivity contribution in [3.8, 4) is 0 Å². The minimum atomic E-state index is 0.542. The first-order valence-corrected chi connectivity index (χ1v) is 15.0. The molecule has 0 aliphatic heterocycles. The van der Waals surface area contributed by atoms with Crippen LogP contribution in [0.1, 0.15) is 163 Å². The third kappa shape index (κ3) is 32.5. The first-order chi connectivity index (χ1) is 17.0. The molecule has 2 N–H and O–H groups in total. The maximum absolute atomic E-state index is 4.85. The molecule has 0 saturated heterocycles. The summed E-state index contributed by atoms with van der Waals surface area (Å²) in [7, 11) is 0. The van der Waals surface area contributed by atoms with Crippen LogP contribution in [0.5, 0.6) is 0 Å². The van der Waals surface area contributed by atoms with Gasteiger partial charge in [-0.3, -0.25) is 0 Å². The van der Waals surface area contributed by atoms with Gasteiger partial charge in [-0.15, -0.1) is 0 Å². The molecule has 1 aliphatic rings. The average molecular weight is 502 g/mol. The molecule has 0 aromatic heterocycles. The van der Waals surface area contributed by atoms with E-state index < -0.39 is 0 Å². The highest BCUT2D eigenvalue weighted by atomic mass is 14.5. The van der Waals surface area contributed by atoms with Crippen LogP contribution in [0, 0.1) is 12.3 Å². The SMILES string of the molecule is C/C=C\N.C1CCCCC1.CCC(C)(C)C.CCC=C(C)C.CCCC(CCC)c1ccc(C)cc1. The molecule has 1 aliphatic carbocycles. The molecular weight excluding hydrogens is 434 g/mol. The van der Waals surface area contributed by atoms with Gasteiger partial charge in [0.1, 0.15) is 0 Å². The zero-order chi connectivity index (χ0) is 28.2. The summed E-state index contributed by atoms with van der Waals surface area (Å²) < 4.78 is 0. The molecule has 0 unspecified atom stereocenters. The first kappa shape index (κ1) is 39.0. The lowest BCUT2D eigenvalue weighted by molar-refractivity contribution is 0.398. The van der Waals surface area contributed by atoms with Crippen molar-refractivity contribution in [2.75, 3.05) is 0 Å². The lowest BCUT2D eigenvalue weighted by Crippen LogP contribution is -2.00. The molecule has 1 saturated carbocycles. The number of hydrogen-bond donors (Lipinski definition) is 1. The van der Waals surface area contributed by atoms with Gasteiger partial charge in [-0.05, 0) is 70.1 Å².